The highest BCUT2D eigenvalue weighted by Gasteiger charge is 2.44. The summed E-state index contributed by atoms with van der Waals surface area (Å²) in [5.41, 5.74) is -0.224. The topological polar surface area (TPSA) is 106 Å². The number of nitrogens with one attached hydrogen (secondary N) is 2. The second-order valence-electron chi connectivity index (χ2n) is 6.08. The van der Waals surface area contributed by atoms with Crippen LogP contribution in [0.3, 0.4) is 0 Å². The molecule has 0 saturated heterocycles. The Labute approximate surface area is 165 Å². The Bertz CT molecular complexity index is 863. The van der Waals surface area contributed by atoms with Crippen molar-refractivity contribution < 1.29 is 9.59 Å². The summed E-state index contributed by atoms with van der Waals surface area (Å²) in [4.78, 5) is 24.3. The van der Waals surface area contributed by atoms with E-state index in [2.05, 4.69) is 10.6 Å². The van der Waals surface area contributed by atoms with Crippen LogP contribution in [-0.4, -0.2) is 17.6 Å². The van der Waals surface area contributed by atoms with E-state index >= 15 is 0 Å². The largest absolute Gasteiger partial charge is 0.325 e. The van der Waals surface area contributed by atoms with E-state index in [0.29, 0.717) is 15.7 Å². The normalized spacial score (nSPS) is 18.5. The van der Waals surface area contributed by atoms with Gasteiger partial charge in [-0.3, -0.25) is 9.59 Å². The fourth-order valence-corrected chi connectivity index (χ4v) is 3.99. The minimum Gasteiger partial charge on any atom is -0.325 e. The van der Waals surface area contributed by atoms with Gasteiger partial charge in [-0.2, -0.15) is 10.5 Å². The molecule has 9 heteroatoms. The second kappa shape index (κ2) is 8.01. The number of hydrogen-bond donors (Lipinski definition) is 2. The first-order valence-corrected chi connectivity index (χ1v) is 9.17. The molecule has 2 N–H and O–H groups in total. The third-order valence-corrected chi connectivity index (χ3v) is 5.26. The van der Waals surface area contributed by atoms with E-state index in [9.17, 15) is 20.1 Å². The average molecular weight is 409 g/mol. The van der Waals surface area contributed by atoms with Crippen LogP contribution in [-0.2, 0) is 9.59 Å². The van der Waals surface area contributed by atoms with Gasteiger partial charge in [0.15, 0.2) is 0 Å². The van der Waals surface area contributed by atoms with E-state index in [1.807, 2.05) is 12.1 Å². The summed E-state index contributed by atoms with van der Waals surface area (Å²) in [5.74, 6) is -1.85. The molecular weight excluding hydrogens is 395 g/mol. The summed E-state index contributed by atoms with van der Waals surface area (Å²) in [6.07, 6.45) is 0. The molecule has 0 aromatic heterocycles. The molecule has 0 spiro atoms. The number of nitrogens with zero attached hydrogens (tertiary/aromatic N) is 2. The van der Waals surface area contributed by atoms with Crippen molar-refractivity contribution >= 4 is 52.5 Å². The quantitative estimate of drug-likeness (QED) is 0.789. The maximum Gasteiger partial charge on any atom is 0.243 e. The summed E-state index contributed by atoms with van der Waals surface area (Å²) >= 11 is 12.8. The number of nitriles is 2. The van der Waals surface area contributed by atoms with Gasteiger partial charge in [-0.25, -0.2) is 0 Å². The van der Waals surface area contributed by atoms with Gasteiger partial charge < -0.3 is 10.6 Å². The Morgan fingerprint density at radius 3 is 2.46 bits per heavy atom. The highest BCUT2D eigenvalue weighted by Crippen LogP contribution is 2.41. The van der Waals surface area contributed by atoms with Crippen molar-refractivity contribution in [3.8, 4) is 12.1 Å². The third-order valence-electron chi connectivity index (χ3n) is 3.83. The van der Waals surface area contributed by atoms with Crippen LogP contribution in [0.25, 0.3) is 0 Å². The lowest BCUT2D eigenvalue weighted by atomic mass is 9.72. The molecule has 1 aliphatic heterocycles. The Morgan fingerprint density at radius 2 is 1.92 bits per heavy atom. The zero-order valence-corrected chi connectivity index (χ0v) is 16.2. The Morgan fingerprint density at radius 1 is 1.31 bits per heavy atom. The SMILES string of the molecule is CC1(C)C(C#N)=C(SCC(=O)Nc2cc(Cl)cc(Cl)c2)NC(=O)[C@H]1C#N. The molecular formula is C17H14Cl2N4O2S. The summed E-state index contributed by atoms with van der Waals surface area (Å²) in [6, 6.07) is 8.62. The highest BCUT2D eigenvalue weighted by molar-refractivity contribution is 8.03. The summed E-state index contributed by atoms with van der Waals surface area (Å²) in [5, 5.41) is 24.9. The van der Waals surface area contributed by atoms with Crippen molar-refractivity contribution in [2.45, 2.75) is 13.8 Å². The molecule has 0 unspecified atom stereocenters. The van der Waals surface area contributed by atoms with Crippen LogP contribution in [0.5, 0.6) is 0 Å². The molecule has 0 aliphatic carbocycles. The van der Waals surface area contributed by atoms with Gasteiger partial charge in [0.1, 0.15) is 5.92 Å². The molecule has 1 aromatic rings. The molecule has 0 bridgehead atoms. The summed E-state index contributed by atoms with van der Waals surface area (Å²) < 4.78 is 0. The van der Waals surface area contributed by atoms with Crippen LogP contribution in [0.2, 0.25) is 10.0 Å². The maximum absolute atomic E-state index is 12.1. The number of carbonyl (C=O) groups is 2. The monoisotopic (exact) mass is 408 g/mol. The van der Waals surface area contributed by atoms with Crippen molar-refractivity contribution in [1.82, 2.24) is 5.32 Å². The van der Waals surface area contributed by atoms with E-state index in [1.165, 1.54) is 0 Å². The molecule has 6 nitrogen and oxygen atoms in total. The lowest BCUT2D eigenvalue weighted by Gasteiger charge is -2.34. The number of amides is 2. The number of carbonyl (C=O) groups excluding carboxylic acids is 2. The molecule has 1 heterocycles. The van der Waals surface area contributed by atoms with E-state index < -0.39 is 17.2 Å². The van der Waals surface area contributed by atoms with Gasteiger partial charge in [0, 0.05) is 21.1 Å². The van der Waals surface area contributed by atoms with Crippen molar-refractivity contribution in [3.05, 3.63) is 38.8 Å². The molecule has 1 aromatic carbocycles. The first kappa shape index (κ1) is 20.1. The Balaban J connectivity index is 2.13. The predicted molar refractivity (Wildman–Crippen MR) is 101 cm³/mol. The lowest BCUT2D eigenvalue weighted by molar-refractivity contribution is -0.125. The molecule has 1 aliphatic rings. The Hall–Kier alpha value is -2.19. The number of rotatable bonds is 4. The minimum absolute atomic E-state index is 0.0434. The summed E-state index contributed by atoms with van der Waals surface area (Å²) in [6.45, 7) is 3.32. The van der Waals surface area contributed by atoms with Gasteiger partial charge in [0.2, 0.25) is 11.8 Å². The minimum atomic E-state index is -0.969. The van der Waals surface area contributed by atoms with E-state index in [1.54, 1.807) is 32.0 Å². The molecule has 0 radical (unpaired) electrons. The smallest absolute Gasteiger partial charge is 0.243 e. The summed E-state index contributed by atoms with van der Waals surface area (Å²) in [7, 11) is 0. The number of thioether (sulfide) groups is 1. The maximum atomic E-state index is 12.1. The van der Waals surface area contributed by atoms with Gasteiger partial charge in [0.05, 0.1) is 28.5 Å². The number of anilines is 1. The van der Waals surface area contributed by atoms with Gasteiger partial charge in [-0.15, -0.1) is 0 Å². The highest BCUT2D eigenvalue weighted by atomic mass is 35.5. The van der Waals surface area contributed by atoms with Gasteiger partial charge in [-0.05, 0) is 18.2 Å². The Kier molecular flexibility index (Phi) is 6.20. The standard InChI is InChI=1S/C17H14Cl2N4O2S/c1-17(2)12(6-20)15(25)23-16(13(17)7-21)26-8-14(24)22-11-4-9(18)3-10(19)5-11/h3-5,12H,8H2,1-2H3,(H,22,24)(H,23,25)/t12-/m1/s1. The first-order chi connectivity index (χ1) is 12.2. The zero-order valence-electron chi connectivity index (χ0n) is 13.9. The molecule has 26 heavy (non-hydrogen) atoms. The van der Waals surface area contributed by atoms with Crippen molar-refractivity contribution in [1.29, 1.82) is 10.5 Å². The van der Waals surface area contributed by atoms with Gasteiger partial charge in [-0.1, -0.05) is 48.8 Å². The molecule has 1 atom stereocenters. The van der Waals surface area contributed by atoms with Gasteiger partial charge >= 0.3 is 0 Å². The first-order valence-electron chi connectivity index (χ1n) is 7.43. The van der Waals surface area contributed by atoms with Crippen molar-refractivity contribution in [3.63, 3.8) is 0 Å². The average Bonchev–Trinajstić information content (AvgIpc) is 2.51. The van der Waals surface area contributed by atoms with Crippen LogP contribution in [0.15, 0.2) is 28.8 Å². The van der Waals surface area contributed by atoms with Crippen LogP contribution >= 0.6 is 35.0 Å². The van der Waals surface area contributed by atoms with Gasteiger partial charge in [0.25, 0.3) is 0 Å². The fraction of sp³-hybridized carbons (Fsp3) is 0.294. The van der Waals surface area contributed by atoms with Crippen LogP contribution in [0.1, 0.15) is 13.8 Å². The van der Waals surface area contributed by atoms with E-state index in [4.69, 9.17) is 23.2 Å². The van der Waals surface area contributed by atoms with Crippen molar-refractivity contribution in [2.75, 3.05) is 11.1 Å². The second-order valence-corrected chi connectivity index (χ2v) is 7.94. The number of allylic oxidation sites excluding steroid dienone is 1. The van der Waals surface area contributed by atoms with E-state index in [0.717, 1.165) is 11.8 Å². The third kappa shape index (κ3) is 4.31. The predicted octanol–water partition coefficient (Wildman–Crippen LogP) is 3.70. The zero-order chi connectivity index (χ0) is 19.5. The number of benzene rings is 1. The molecule has 0 fully saturated rings. The molecule has 134 valence electrons. The molecule has 2 amide bonds. The fourth-order valence-electron chi connectivity index (χ4n) is 2.50. The van der Waals surface area contributed by atoms with Crippen LogP contribution in [0, 0.1) is 34.0 Å². The number of halogens is 2. The van der Waals surface area contributed by atoms with E-state index in [-0.39, 0.29) is 22.3 Å². The van der Waals surface area contributed by atoms with Crippen LogP contribution in [0.4, 0.5) is 5.69 Å². The molecule has 2 rings (SSSR count). The van der Waals surface area contributed by atoms with Crippen LogP contribution < -0.4 is 10.6 Å². The number of hydrogen-bond acceptors (Lipinski definition) is 5. The molecule has 0 saturated carbocycles. The lowest BCUT2D eigenvalue weighted by Crippen LogP contribution is -2.44. The van der Waals surface area contributed by atoms with Crippen molar-refractivity contribution in [2.24, 2.45) is 11.3 Å².